The molecule has 0 aliphatic rings. The van der Waals surface area contributed by atoms with Gasteiger partial charge in [0.2, 0.25) is 0 Å². The number of thioether (sulfide) groups is 1. The molecule has 1 heterocycles. The Kier molecular flexibility index (Phi) is 7.33. The van der Waals surface area contributed by atoms with Crippen molar-refractivity contribution in [2.24, 2.45) is 0 Å². The first-order valence-electron chi connectivity index (χ1n) is 9.28. The van der Waals surface area contributed by atoms with Crippen LogP contribution < -0.4 is 11.2 Å². The van der Waals surface area contributed by atoms with Gasteiger partial charge in [0.1, 0.15) is 5.82 Å². The first-order chi connectivity index (χ1) is 15.1. The average Bonchev–Trinajstić information content (AvgIpc) is 2.71. The van der Waals surface area contributed by atoms with Gasteiger partial charge in [-0.15, -0.1) is 11.8 Å². The molecule has 3 aromatic rings. The lowest BCUT2D eigenvalue weighted by molar-refractivity contribution is -0.137. The first-order valence-corrected chi connectivity index (χ1v) is 10.6. The number of hydrogen-bond donors (Lipinski definition) is 3. The second-order valence-corrected chi connectivity index (χ2v) is 8.09. The zero-order valence-corrected chi connectivity index (χ0v) is 18.1. The van der Waals surface area contributed by atoms with Crippen LogP contribution in [0.3, 0.4) is 0 Å². The van der Waals surface area contributed by atoms with E-state index in [-0.39, 0.29) is 39.3 Å². The number of aliphatic hydroxyl groups is 1. The molecule has 0 aliphatic carbocycles. The van der Waals surface area contributed by atoms with Crippen molar-refractivity contribution in [2.75, 3.05) is 19.0 Å². The summed E-state index contributed by atoms with van der Waals surface area (Å²) < 4.78 is 61.2. The van der Waals surface area contributed by atoms with Crippen LogP contribution in [-0.2, 0) is 10.9 Å². The third-order valence-corrected chi connectivity index (χ3v) is 6.05. The van der Waals surface area contributed by atoms with Crippen molar-refractivity contribution in [1.82, 2.24) is 9.97 Å². The molecule has 0 fully saturated rings. The molecule has 3 N–H and O–H groups in total. The van der Waals surface area contributed by atoms with Gasteiger partial charge in [-0.2, -0.15) is 13.2 Å². The van der Waals surface area contributed by atoms with Crippen LogP contribution in [0, 0.1) is 5.82 Å². The predicted octanol–water partition coefficient (Wildman–Crippen LogP) is 4.18. The molecule has 0 radical (unpaired) electrons. The molecule has 1 atom stereocenters. The summed E-state index contributed by atoms with van der Waals surface area (Å²) in [7, 11) is 0. The van der Waals surface area contributed by atoms with Crippen LogP contribution in [0.2, 0.25) is 5.02 Å². The van der Waals surface area contributed by atoms with Crippen LogP contribution in [0.15, 0.2) is 38.8 Å². The number of ether oxygens (including phenoxy) is 1. The van der Waals surface area contributed by atoms with Crippen LogP contribution in [0.25, 0.3) is 22.0 Å². The molecule has 12 heteroatoms. The van der Waals surface area contributed by atoms with Crippen LogP contribution in [-0.4, -0.2) is 40.1 Å². The van der Waals surface area contributed by atoms with Crippen LogP contribution in [0.1, 0.15) is 12.5 Å². The van der Waals surface area contributed by atoms with E-state index < -0.39 is 46.5 Å². The summed E-state index contributed by atoms with van der Waals surface area (Å²) in [5.41, 5.74) is -3.64. The summed E-state index contributed by atoms with van der Waals surface area (Å²) in [6.45, 7) is 1.55. The third kappa shape index (κ3) is 5.01. The monoisotopic (exact) mass is 492 g/mol. The molecular weight excluding hydrogens is 476 g/mol. The highest BCUT2D eigenvalue weighted by atomic mass is 35.5. The normalized spacial score (nSPS) is 13.0. The summed E-state index contributed by atoms with van der Waals surface area (Å²) >= 11 is 6.67. The van der Waals surface area contributed by atoms with Gasteiger partial charge >= 0.3 is 11.9 Å². The topological polar surface area (TPSA) is 95.2 Å². The summed E-state index contributed by atoms with van der Waals surface area (Å²) in [6.07, 6.45) is -5.61. The minimum Gasteiger partial charge on any atom is -0.394 e. The van der Waals surface area contributed by atoms with Gasteiger partial charge in [0, 0.05) is 22.8 Å². The molecule has 0 bridgehead atoms. The SMILES string of the molecule is CCO[C@@H](CO)CSc1c(-c2ccc(F)c(Cl)c2)c(C(F)(F)F)cc2c(=O)[nH]c(=O)[nH]c12. The lowest BCUT2D eigenvalue weighted by atomic mass is 9.97. The Morgan fingerprint density at radius 3 is 2.53 bits per heavy atom. The lowest BCUT2D eigenvalue weighted by Gasteiger charge is -2.21. The molecule has 0 saturated heterocycles. The highest BCUT2D eigenvalue weighted by Gasteiger charge is 2.37. The predicted molar refractivity (Wildman–Crippen MR) is 114 cm³/mol. The van der Waals surface area contributed by atoms with Gasteiger partial charge in [-0.05, 0) is 30.7 Å². The van der Waals surface area contributed by atoms with E-state index in [1.54, 1.807) is 6.92 Å². The first kappa shape index (κ1) is 24.3. The van der Waals surface area contributed by atoms with Gasteiger partial charge < -0.3 is 14.8 Å². The number of alkyl halides is 3. The number of aromatic nitrogens is 2. The summed E-state index contributed by atoms with van der Waals surface area (Å²) in [4.78, 5) is 28.4. The van der Waals surface area contributed by atoms with Crippen LogP contribution >= 0.6 is 23.4 Å². The molecular formula is C20H17ClF4N2O4S. The van der Waals surface area contributed by atoms with E-state index in [1.807, 2.05) is 4.98 Å². The van der Waals surface area contributed by atoms with Gasteiger partial charge in [0.15, 0.2) is 0 Å². The van der Waals surface area contributed by atoms with E-state index in [9.17, 15) is 32.3 Å². The highest BCUT2D eigenvalue weighted by molar-refractivity contribution is 7.99. The number of hydrogen-bond acceptors (Lipinski definition) is 5. The molecule has 0 amide bonds. The third-order valence-electron chi connectivity index (χ3n) is 4.52. The van der Waals surface area contributed by atoms with Crippen molar-refractivity contribution >= 4 is 34.3 Å². The molecule has 0 aliphatic heterocycles. The zero-order valence-electron chi connectivity index (χ0n) is 16.5. The number of benzene rings is 2. The van der Waals surface area contributed by atoms with E-state index in [4.69, 9.17) is 16.3 Å². The Morgan fingerprint density at radius 1 is 1.22 bits per heavy atom. The Morgan fingerprint density at radius 2 is 1.94 bits per heavy atom. The van der Waals surface area contributed by atoms with Crippen LogP contribution in [0.4, 0.5) is 17.6 Å². The van der Waals surface area contributed by atoms with Crippen molar-refractivity contribution < 1.29 is 27.4 Å². The number of halogens is 5. The van der Waals surface area contributed by atoms with E-state index >= 15 is 0 Å². The van der Waals surface area contributed by atoms with Crippen LogP contribution in [0.5, 0.6) is 0 Å². The second-order valence-electron chi connectivity index (χ2n) is 6.66. The van der Waals surface area contributed by atoms with Gasteiger partial charge in [0.05, 0.1) is 34.2 Å². The van der Waals surface area contributed by atoms with E-state index in [0.717, 1.165) is 30.0 Å². The molecule has 32 heavy (non-hydrogen) atoms. The van der Waals surface area contributed by atoms with Crippen molar-refractivity contribution in [1.29, 1.82) is 0 Å². The Balaban J connectivity index is 2.39. The maximum absolute atomic E-state index is 14.1. The Bertz CT molecular complexity index is 1260. The summed E-state index contributed by atoms with van der Waals surface area (Å²) in [6, 6.07) is 3.72. The number of aromatic amines is 2. The smallest absolute Gasteiger partial charge is 0.394 e. The standard InChI is InChI=1S/C20H17ClF4N2O4S/c1-2-31-10(7-28)8-32-17-15(9-3-4-14(22)13(21)5-9)12(20(23,24)25)6-11-16(17)26-19(30)27-18(11)29/h3-6,10,28H,2,7-8H2,1H3,(H2,26,27,29,30)/t10-/m0/s1. The quantitative estimate of drug-likeness (QED) is 0.340. The molecule has 1 aromatic heterocycles. The van der Waals surface area contributed by atoms with Crippen molar-refractivity contribution in [3.05, 3.63) is 61.5 Å². The number of rotatable bonds is 7. The fourth-order valence-electron chi connectivity index (χ4n) is 3.15. The van der Waals surface area contributed by atoms with Gasteiger partial charge in [0.25, 0.3) is 5.56 Å². The minimum atomic E-state index is -4.89. The maximum atomic E-state index is 14.1. The molecule has 3 rings (SSSR count). The van der Waals surface area contributed by atoms with Crippen molar-refractivity contribution in [3.8, 4) is 11.1 Å². The molecule has 0 spiro atoms. The van der Waals surface area contributed by atoms with Crippen molar-refractivity contribution in [3.63, 3.8) is 0 Å². The molecule has 172 valence electrons. The van der Waals surface area contributed by atoms with Gasteiger partial charge in [-0.3, -0.25) is 9.78 Å². The Hall–Kier alpha value is -2.34. The second kappa shape index (κ2) is 9.65. The number of H-pyrrole nitrogens is 2. The Labute approximate surface area is 187 Å². The largest absolute Gasteiger partial charge is 0.417 e. The van der Waals surface area contributed by atoms with Gasteiger partial charge in [-0.25, -0.2) is 9.18 Å². The molecule has 2 aromatic carbocycles. The summed E-state index contributed by atoms with van der Waals surface area (Å²) in [5.74, 6) is -0.808. The minimum absolute atomic E-state index is 0.0114. The molecule has 6 nitrogen and oxygen atoms in total. The van der Waals surface area contributed by atoms with E-state index in [1.165, 1.54) is 0 Å². The number of fused-ring (bicyclic) bond motifs is 1. The fraction of sp³-hybridized carbons (Fsp3) is 0.300. The van der Waals surface area contributed by atoms with E-state index in [0.29, 0.717) is 6.07 Å². The lowest BCUT2D eigenvalue weighted by Crippen LogP contribution is -2.24. The number of aliphatic hydroxyl groups excluding tert-OH is 1. The van der Waals surface area contributed by atoms with Crippen molar-refractivity contribution in [2.45, 2.75) is 24.1 Å². The van der Waals surface area contributed by atoms with Gasteiger partial charge in [-0.1, -0.05) is 17.7 Å². The van der Waals surface area contributed by atoms with E-state index in [2.05, 4.69) is 4.98 Å². The summed E-state index contributed by atoms with van der Waals surface area (Å²) in [5, 5.41) is 8.71. The molecule has 0 saturated carbocycles. The fourth-order valence-corrected chi connectivity index (χ4v) is 4.56. The zero-order chi connectivity index (χ0) is 23.6. The average molecular weight is 493 g/mol. The molecule has 0 unspecified atom stereocenters. The highest BCUT2D eigenvalue weighted by Crippen LogP contribution is 2.45. The number of nitrogens with one attached hydrogen (secondary N) is 2. The maximum Gasteiger partial charge on any atom is 0.417 e.